The quantitative estimate of drug-likeness (QED) is 0.191. The molecule has 0 saturated heterocycles. The molecular formula is C28H38O10. The lowest BCUT2D eigenvalue weighted by Gasteiger charge is -2.15. The Kier molecular flexibility index (Phi) is 14.4. The second kappa shape index (κ2) is 17.9. The first-order chi connectivity index (χ1) is 18.6. The summed E-state index contributed by atoms with van der Waals surface area (Å²) in [6.07, 6.45) is 0. The van der Waals surface area contributed by atoms with Gasteiger partial charge in [0, 0.05) is 0 Å². The Balaban J connectivity index is 1.72. The Labute approximate surface area is 224 Å². The van der Waals surface area contributed by atoms with Gasteiger partial charge in [-0.1, -0.05) is 12.1 Å². The van der Waals surface area contributed by atoms with E-state index in [4.69, 9.17) is 37.9 Å². The van der Waals surface area contributed by atoms with Crippen LogP contribution in [0.5, 0.6) is 23.0 Å². The molecule has 0 heterocycles. The molecule has 10 heteroatoms. The van der Waals surface area contributed by atoms with E-state index in [1.807, 2.05) is 13.8 Å². The van der Waals surface area contributed by atoms with Crippen molar-refractivity contribution in [2.24, 2.45) is 0 Å². The molecule has 210 valence electrons. The fourth-order valence-corrected chi connectivity index (χ4v) is 3.37. The highest BCUT2D eigenvalue weighted by molar-refractivity contribution is 5.96. The second-order valence-electron chi connectivity index (χ2n) is 7.49. The Morgan fingerprint density at radius 1 is 0.500 bits per heavy atom. The van der Waals surface area contributed by atoms with Gasteiger partial charge in [-0.25, -0.2) is 9.59 Å². The third-order valence-corrected chi connectivity index (χ3v) is 4.88. The minimum Gasteiger partial charge on any atom is -0.493 e. The molecule has 0 N–H and O–H groups in total. The lowest BCUT2D eigenvalue weighted by atomic mass is 10.1. The van der Waals surface area contributed by atoms with Gasteiger partial charge in [0.05, 0.1) is 52.9 Å². The first-order valence-electron chi connectivity index (χ1n) is 12.8. The number of rotatable bonds is 19. The van der Waals surface area contributed by atoms with Crippen molar-refractivity contribution in [2.75, 3.05) is 66.1 Å². The highest BCUT2D eigenvalue weighted by Crippen LogP contribution is 2.30. The van der Waals surface area contributed by atoms with Crippen LogP contribution >= 0.6 is 0 Å². The Hall–Kier alpha value is -3.50. The highest BCUT2D eigenvalue weighted by Gasteiger charge is 2.21. The zero-order valence-electron chi connectivity index (χ0n) is 22.6. The van der Waals surface area contributed by atoms with Gasteiger partial charge >= 0.3 is 11.9 Å². The van der Waals surface area contributed by atoms with E-state index in [2.05, 4.69) is 0 Å². The monoisotopic (exact) mass is 534 g/mol. The van der Waals surface area contributed by atoms with Crippen LogP contribution in [-0.2, 0) is 18.9 Å². The molecule has 0 spiro atoms. The predicted octanol–water partition coefficient (Wildman–Crippen LogP) is 4.33. The summed E-state index contributed by atoms with van der Waals surface area (Å²) in [7, 11) is 0. The van der Waals surface area contributed by atoms with E-state index >= 15 is 0 Å². The van der Waals surface area contributed by atoms with Crippen LogP contribution in [0.4, 0.5) is 0 Å². The molecule has 0 aliphatic heterocycles. The minimum absolute atomic E-state index is 0.234. The van der Waals surface area contributed by atoms with Crippen LogP contribution in [0, 0.1) is 0 Å². The Bertz CT molecular complexity index is 912. The Morgan fingerprint density at radius 3 is 1.18 bits per heavy atom. The van der Waals surface area contributed by atoms with Crippen LogP contribution in [0.25, 0.3) is 0 Å². The van der Waals surface area contributed by atoms with E-state index in [1.165, 1.54) is 0 Å². The van der Waals surface area contributed by atoms with Gasteiger partial charge in [-0.2, -0.15) is 0 Å². The predicted molar refractivity (Wildman–Crippen MR) is 140 cm³/mol. The SMILES string of the molecule is CCOC(=O)c1c(OCC)cccc1OCCOCCOCCOc1cccc(OCC)c1C(=O)OCC. The van der Waals surface area contributed by atoms with Crippen molar-refractivity contribution < 1.29 is 47.5 Å². The number of ether oxygens (including phenoxy) is 8. The van der Waals surface area contributed by atoms with Gasteiger partial charge in [0.25, 0.3) is 0 Å². The third kappa shape index (κ3) is 9.75. The summed E-state index contributed by atoms with van der Waals surface area (Å²) in [6, 6.07) is 10.3. The first kappa shape index (κ1) is 30.7. The molecular weight excluding hydrogens is 496 g/mol. The second-order valence-corrected chi connectivity index (χ2v) is 7.49. The average molecular weight is 535 g/mol. The van der Waals surface area contributed by atoms with Crippen molar-refractivity contribution >= 4 is 11.9 Å². The van der Waals surface area contributed by atoms with E-state index in [0.29, 0.717) is 62.6 Å². The van der Waals surface area contributed by atoms with Crippen molar-refractivity contribution in [3.05, 3.63) is 47.5 Å². The molecule has 38 heavy (non-hydrogen) atoms. The smallest absolute Gasteiger partial charge is 0.345 e. The molecule has 0 bridgehead atoms. The van der Waals surface area contributed by atoms with Gasteiger partial charge in [-0.05, 0) is 52.0 Å². The zero-order valence-corrected chi connectivity index (χ0v) is 22.6. The molecule has 0 atom stereocenters. The molecule has 0 unspecified atom stereocenters. The molecule has 0 aromatic heterocycles. The average Bonchev–Trinajstić information content (AvgIpc) is 2.90. The number of carbonyl (C=O) groups excluding carboxylic acids is 2. The number of carbonyl (C=O) groups is 2. The molecule has 0 saturated carbocycles. The van der Waals surface area contributed by atoms with Gasteiger partial charge in [0.1, 0.15) is 47.3 Å². The molecule has 2 rings (SSSR count). The Morgan fingerprint density at radius 2 is 0.842 bits per heavy atom. The molecule has 0 radical (unpaired) electrons. The summed E-state index contributed by atoms with van der Waals surface area (Å²) in [5.74, 6) is 0.589. The number of hydrogen-bond acceptors (Lipinski definition) is 10. The van der Waals surface area contributed by atoms with Crippen LogP contribution < -0.4 is 18.9 Å². The third-order valence-electron chi connectivity index (χ3n) is 4.88. The van der Waals surface area contributed by atoms with E-state index < -0.39 is 11.9 Å². The van der Waals surface area contributed by atoms with Crippen LogP contribution in [-0.4, -0.2) is 78.0 Å². The molecule has 0 amide bonds. The zero-order chi connectivity index (χ0) is 27.6. The maximum absolute atomic E-state index is 12.4. The van der Waals surface area contributed by atoms with E-state index in [-0.39, 0.29) is 37.6 Å². The summed E-state index contributed by atoms with van der Waals surface area (Å²) < 4.78 is 43.9. The van der Waals surface area contributed by atoms with Gasteiger partial charge in [-0.15, -0.1) is 0 Å². The molecule has 0 aliphatic rings. The molecule has 10 nitrogen and oxygen atoms in total. The number of hydrogen-bond donors (Lipinski definition) is 0. The fraction of sp³-hybridized carbons (Fsp3) is 0.500. The molecule has 0 aliphatic carbocycles. The van der Waals surface area contributed by atoms with E-state index in [1.54, 1.807) is 50.2 Å². The number of esters is 2. The summed E-state index contributed by atoms with van der Waals surface area (Å²) in [4.78, 5) is 24.7. The largest absolute Gasteiger partial charge is 0.493 e. The summed E-state index contributed by atoms with van der Waals surface area (Å²) in [5.41, 5.74) is 0.523. The summed E-state index contributed by atoms with van der Waals surface area (Å²) in [5, 5.41) is 0. The van der Waals surface area contributed by atoms with Crippen LogP contribution in [0.3, 0.4) is 0 Å². The van der Waals surface area contributed by atoms with Crippen LogP contribution in [0.1, 0.15) is 48.4 Å². The van der Waals surface area contributed by atoms with Crippen molar-refractivity contribution in [3.8, 4) is 23.0 Å². The maximum Gasteiger partial charge on any atom is 0.345 e. The maximum atomic E-state index is 12.4. The summed E-state index contributed by atoms with van der Waals surface area (Å²) in [6.45, 7) is 10.2. The van der Waals surface area contributed by atoms with Crippen molar-refractivity contribution in [3.63, 3.8) is 0 Å². The van der Waals surface area contributed by atoms with Gasteiger partial charge < -0.3 is 37.9 Å². The highest BCUT2D eigenvalue weighted by atomic mass is 16.6. The van der Waals surface area contributed by atoms with E-state index in [0.717, 1.165) is 0 Å². The normalized spacial score (nSPS) is 10.5. The van der Waals surface area contributed by atoms with Crippen molar-refractivity contribution in [1.82, 2.24) is 0 Å². The first-order valence-corrected chi connectivity index (χ1v) is 12.8. The number of benzene rings is 2. The van der Waals surface area contributed by atoms with Crippen molar-refractivity contribution in [2.45, 2.75) is 27.7 Å². The topological polar surface area (TPSA) is 108 Å². The van der Waals surface area contributed by atoms with E-state index in [9.17, 15) is 9.59 Å². The summed E-state index contributed by atoms with van der Waals surface area (Å²) >= 11 is 0. The van der Waals surface area contributed by atoms with Gasteiger partial charge in [0.2, 0.25) is 0 Å². The lowest BCUT2D eigenvalue weighted by molar-refractivity contribution is 0.0265. The molecule has 2 aromatic carbocycles. The molecule has 2 aromatic rings. The van der Waals surface area contributed by atoms with Crippen molar-refractivity contribution in [1.29, 1.82) is 0 Å². The lowest BCUT2D eigenvalue weighted by Crippen LogP contribution is -2.16. The van der Waals surface area contributed by atoms with Gasteiger partial charge in [0.15, 0.2) is 0 Å². The fourth-order valence-electron chi connectivity index (χ4n) is 3.37. The standard InChI is InChI=1S/C28H38O10/c1-5-33-21-11-9-13-23(25(21)27(29)35-7-3)37-19-17-31-15-16-32-18-20-38-24-14-10-12-22(34-6-2)26(24)28(30)36-8-4/h9-14H,5-8,15-20H2,1-4H3. The minimum atomic E-state index is -0.498. The van der Waals surface area contributed by atoms with Gasteiger partial charge in [-0.3, -0.25) is 0 Å². The molecule has 0 fully saturated rings. The van der Waals surface area contributed by atoms with Crippen LogP contribution in [0.15, 0.2) is 36.4 Å². The van der Waals surface area contributed by atoms with Crippen LogP contribution in [0.2, 0.25) is 0 Å².